The van der Waals surface area contributed by atoms with Crippen LogP contribution < -0.4 is 15.6 Å². The van der Waals surface area contributed by atoms with E-state index in [0.29, 0.717) is 34.3 Å². The van der Waals surface area contributed by atoms with Gasteiger partial charge in [0.05, 0.1) is 29.2 Å². The standard InChI is InChI=1S/C25H22ClN7O3S/c1-31(2)15-32-22-12-11-20(33(35)36)13-21(22)23(24(32)34)28-18-7-9-19(10-8-18)29-25(37)30-27-14-16-3-5-17(26)6-4-16/h3-14H,15H2,1-2H3,(H2,29,30,37). The van der Waals surface area contributed by atoms with Crippen molar-refractivity contribution in [2.75, 3.05) is 31.0 Å². The van der Waals surface area contributed by atoms with E-state index in [1.807, 2.05) is 31.1 Å². The number of nitrogens with one attached hydrogen (secondary N) is 2. The van der Waals surface area contributed by atoms with Gasteiger partial charge in [0.15, 0.2) is 5.11 Å². The molecule has 1 heterocycles. The van der Waals surface area contributed by atoms with E-state index < -0.39 is 4.92 Å². The normalized spacial score (nSPS) is 13.9. The van der Waals surface area contributed by atoms with E-state index in [9.17, 15) is 14.9 Å². The summed E-state index contributed by atoms with van der Waals surface area (Å²) < 4.78 is 0. The van der Waals surface area contributed by atoms with Crippen LogP contribution in [0.15, 0.2) is 76.8 Å². The maximum Gasteiger partial charge on any atom is 0.278 e. The van der Waals surface area contributed by atoms with Crippen LogP contribution in [0.3, 0.4) is 0 Å². The second-order valence-corrected chi connectivity index (χ2v) is 9.14. The molecule has 1 aliphatic rings. The second kappa shape index (κ2) is 11.2. The van der Waals surface area contributed by atoms with Crippen molar-refractivity contribution >= 4 is 69.5 Å². The van der Waals surface area contributed by atoms with Crippen LogP contribution in [-0.4, -0.2) is 53.5 Å². The van der Waals surface area contributed by atoms with Crippen LogP contribution in [-0.2, 0) is 4.79 Å². The number of nitrogens with zero attached hydrogens (tertiary/aromatic N) is 5. The maximum absolute atomic E-state index is 13.2. The zero-order chi connectivity index (χ0) is 26.5. The lowest BCUT2D eigenvalue weighted by Crippen LogP contribution is -2.37. The molecule has 0 radical (unpaired) electrons. The third-order valence-electron chi connectivity index (χ3n) is 5.22. The Balaban J connectivity index is 1.48. The first kappa shape index (κ1) is 25.9. The van der Waals surface area contributed by atoms with Gasteiger partial charge in [0, 0.05) is 28.4 Å². The zero-order valence-corrected chi connectivity index (χ0v) is 21.5. The summed E-state index contributed by atoms with van der Waals surface area (Å²) in [6.07, 6.45) is 1.61. The number of thiocarbonyl (C=S) groups is 1. The molecule has 12 heteroatoms. The number of nitro benzene ring substituents is 1. The number of carbonyl (C=O) groups is 1. The molecule has 10 nitrogen and oxygen atoms in total. The molecule has 0 aromatic heterocycles. The second-order valence-electron chi connectivity index (χ2n) is 8.30. The third kappa shape index (κ3) is 6.33. The van der Waals surface area contributed by atoms with Crippen molar-refractivity contribution in [1.82, 2.24) is 10.3 Å². The van der Waals surface area contributed by atoms with Crippen LogP contribution in [0.1, 0.15) is 11.1 Å². The van der Waals surface area contributed by atoms with Gasteiger partial charge in [0.25, 0.3) is 11.6 Å². The van der Waals surface area contributed by atoms with Crippen LogP contribution >= 0.6 is 23.8 Å². The highest BCUT2D eigenvalue weighted by Crippen LogP contribution is 2.34. The molecule has 3 aromatic rings. The molecule has 188 valence electrons. The predicted octanol–water partition coefficient (Wildman–Crippen LogP) is 4.56. The number of hydrazone groups is 1. The fourth-order valence-electron chi connectivity index (χ4n) is 3.57. The monoisotopic (exact) mass is 535 g/mol. The molecule has 0 atom stereocenters. The van der Waals surface area contributed by atoms with Crippen LogP contribution in [0.2, 0.25) is 5.02 Å². The summed E-state index contributed by atoms with van der Waals surface area (Å²) in [6, 6.07) is 18.5. The minimum atomic E-state index is -0.492. The van der Waals surface area contributed by atoms with Gasteiger partial charge in [-0.05, 0) is 74.3 Å². The molecule has 0 spiro atoms. The van der Waals surface area contributed by atoms with Gasteiger partial charge in [0.2, 0.25) is 0 Å². The lowest BCUT2D eigenvalue weighted by atomic mass is 10.1. The summed E-state index contributed by atoms with van der Waals surface area (Å²) in [4.78, 5) is 31.9. The first-order valence-electron chi connectivity index (χ1n) is 11.0. The molecular formula is C25H22ClN7O3S. The van der Waals surface area contributed by atoms with E-state index in [4.69, 9.17) is 23.8 Å². The Hall–Kier alpha value is -4.19. The van der Waals surface area contributed by atoms with Crippen LogP contribution in [0, 0.1) is 10.1 Å². The van der Waals surface area contributed by atoms with Gasteiger partial charge >= 0.3 is 0 Å². The Kier molecular flexibility index (Phi) is 7.87. The molecule has 1 aliphatic heterocycles. The number of non-ortho nitro benzene ring substituents is 1. The molecule has 0 saturated heterocycles. The van der Waals surface area contributed by atoms with Gasteiger partial charge in [-0.15, -0.1) is 0 Å². The van der Waals surface area contributed by atoms with Gasteiger partial charge in [-0.3, -0.25) is 30.1 Å². The molecule has 0 saturated carbocycles. The fourth-order valence-corrected chi connectivity index (χ4v) is 3.86. The third-order valence-corrected chi connectivity index (χ3v) is 5.67. The van der Waals surface area contributed by atoms with Crippen molar-refractivity contribution < 1.29 is 9.72 Å². The quantitative estimate of drug-likeness (QED) is 0.197. The molecule has 3 aromatic carbocycles. The number of aliphatic imine (C=N–C) groups is 1. The summed E-state index contributed by atoms with van der Waals surface area (Å²) in [5.74, 6) is -0.324. The molecular weight excluding hydrogens is 514 g/mol. The Morgan fingerprint density at radius 2 is 1.84 bits per heavy atom. The number of rotatable bonds is 7. The molecule has 2 N–H and O–H groups in total. The van der Waals surface area contributed by atoms with E-state index in [0.717, 1.165) is 5.56 Å². The van der Waals surface area contributed by atoms with Crippen LogP contribution in [0.4, 0.5) is 22.7 Å². The molecule has 0 aliphatic carbocycles. The maximum atomic E-state index is 13.2. The highest BCUT2D eigenvalue weighted by atomic mass is 35.5. The SMILES string of the molecule is CN(C)CN1C(=O)C(=Nc2ccc(NC(=S)NN=Cc3ccc(Cl)cc3)cc2)c2cc([N+](=O)[O-])ccc21. The van der Waals surface area contributed by atoms with Crippen molar-refractivity contribution in [3.8, 4) is 0 Å². The lowest BCUT2D eigenvalue weighted by molar-refractivity contribution is -0.384. The van der Waals surface area contributed by atoms with Gasteiger partial charge in [-0.25, -0.2) is 4.99 Å². The lowest BCUT2D eigenvalue weighted by Gasteiger charge is -2.21. The molecule has 4 rings (SSSR count). The number of benzene rings is 3. The Morgan fingerprint density at radius 1 is 1.14 bits per heavy atom. The van der Waals surface area contributed by atoms with E-state index >= 15 is 0 Å². The predicted molar refractivity (Wildman–Crippen MR) is 150 cm³/mol. The van der Waals surface area contributed by atoms with Gasteiger partial charge in [-0.2, -0.15) is 5.10 Å². The van der Waals surface area contributed by atoms with Gasteiger partial charge < -0.3 is 5.32 Å². The number of nitro groups is 1. The Labute approximate surface area is 223 Å². The van der Waals surface area contributed by atoms with Gasteiger partial charge in [0.1, 0.15) is 5.71 Å². The zero-order valence-electron chi connectivity index (χ0n) is 19.9. The molecule has 1 amide bonds. The van der Waals surface area contributed by atoms with Crippen molar-refractivity contribution in [3.05, 3.63) is 93.0 Å². The van der Waals surface area contributed by atoms with Gasteiger partial charge in [-0.1, -0.05) is 23.7 Å². The first-order chi connectivity index (χ1) is 17.7. The summed E-state index contributed by atoms with van der Waals surface area (Å²) in [7, 11) is 3.67. The summed E-state index contributed by atoms with van der Waals surface area (Å²) >= 11 is 11.1. The summed E-state index contributed by atoms with van der Waals surface area (Å²) in [6.45, 7) is 0.316. The largest absolute Gasteiger partial charge is 0.331 e. The molecule has 0 fully saturated rings. The average molecular weight is 536 g/mol. The van der Waals surface area contributed by atoms with Crippen molar-refractivity contribution in [2.24, 2.45) is 10.1 Å². The fraction of sp³-hybridized carbons (Fsp3) is 0.120. The number of fused-ring (bicyclic) bond motifs is 1. The average Bonchev–Trinajstić information content (AvgIpc) is 3.11. The minimum absolute atomic E-state index is 0.106. The first-order valence-corrected chi connectivity index (χ1v) is 11.8. The number of hydrogen-bond donors (Lipinski definition) is 2. The molecule has 37 heavy (non-hydrogen) atoms. The smallest absolute Gasteiger partial charge is 0.278 e. The van der Waals surface area contributed by atoms with Crippen LogP contribution in [0.5, 0.6) is 0 Å². The van der Waals surface area contributed by atoms with E-state index in [-0.39, 0.29) is 22.4 Å². The molecule has 0 bridgehead atoms. The Bertz CT molecular complexity index is 1410. The van der Waals surface area contributed by atoms with Crippen molar-refractivity contribution in [2.45, 2.75) is 0 Å². The minimum Gasteiger partial charge on any atom is -0.331 e. The van der Waals surface area contributed by atoms with E-state index in [2.05, 4.69) is 20.8 Å². The number of halogens is 1. The number of anilines is 2. The van der Waals surface area contributed by atoms with E-state index in [1.165, 1.54) is 12.1 Å². The van der Waals surface area contributed by atoms with Crippen molar-refractivity contribution in [1.29, 1.82) is 0 Å². The van der Waals surface area contributed by atoms with Crippen molar-refractivity contribution in [3.63, 3.8) is 0 Å². The number of amides is 1. The number of hydrogen-bond acceptors (Lipinski definition) is 7. The molecule has 0 unspecified atom stereocenters. The Morgan fingerprint density at radius 3 is 2.49 bits per heavy atom. The summed E-state index contributed by atoms with van der Waals surface area (Å²) in [5.41, 5.74) is 5.84. The summed E-state index contributed by atoms with van der Waals surface area (Å²) in [5, 5.41) is 19.3. The van der Waals surface area contributed by atoms with Crippen LogP contribution in [0.25, 0.3) is 0 Å². The van der Waals surface area contributed by atoms with E-state index in [1.54, 1.807) is 53.6 Å². The topological polar surface area (TPSA) is 115 Å². The highest BCUT2D eigenvalue weighted by Gasteiger charge is 2.35. The highest BCUT2D eigenvalue weighted by molar-refractivity contribution is 7.80. The number of carbonyl (C=O) groups excluding carboxylic acids is 1.